The average molecular weight is 382 g/mol. The second-order valence-electron chi connectivity index (χ2n) is 5.13. The van der Waals surface area contributed by atoms with Crippen molar-refractivity contribution in [3.8, 4) is 5.75 Å². The van der Waals surface area contributed by atoms with E-state index in [2.05, 4.69) is 33.1 Å². The van der Waals surface area contributed by atoms with Crippen molar-refractivity contribution in [1.82, 2.24) is 10.6 Å². The van der Waals surface area contributed by atoms with Gasteiger partial charge < -0.3 is 21.1 Å². The van der Waals surface area contributed by atoms with Gasteiger partial charge in [0.2, 0.25) is 0 Å². The number of rotatable bonds is 5. The zero-order chi connectivity index (χ0) is 17.1. The first-order chi connectivity index (χ1) is 10.8. The Hall–Kier alpha value is -2.35. The van der Waals surface area contributed by atoms with Crippen LogP contribution in [0.15, 0.2) is 34.9 Å². The van der Waals surface area contributed by atoms with Crippen molar-refractivity contribution in [3.05, 3.63) is 40.5 Å². The van der Waals surface area contributed by atoms with E-state index in [9.17, 15) is 14.4 Å². The topological polar surface area (TPSA) is 111 Å². The highest BCUT2D eigenvalue weighted by atomic mass is 79.9. The highest BCUT2D eigenvalue weighted by Gasteiger charge is 2.37. The number of halogens is 1. The molecule has 1 saturated heterocycles. The molecule has 7 nitrogen and oxygen atoms in total. The summed E-state index contributed by atoms with van der Waals surface area (Å²) in [6, 6.07) is 3.96. The lowest BCUT2D eigenvalue weighted by molar-refractivity contribution is -0.121. The summed E-state index contributed by atoms with van der Waals surface area (Å²) in [4.78, 5) is 34.7. The zero-order valence-electron chi connectivity index (χ0n) is 12.4. The largest absolute Gasteiger partial charge is 0.483 e. The number of benzene rings is 1. The van der Waals surface area contributed by atoms with Crippen LogP contribution in [-0.4, -0.2) is 24.3 Å². The molecule has 23 heavy (non-hydrogen) atoms. The first kappa shape index (κ1) is 17.0. The van der Waals surface area contributed by atoms with Crippen molar-refractivity contribution in [2.45, 2.75) is 13.0 Å². The van der Waals surface area contributed by atoms with Gasteiger partial charge in [-0.1, -0.05) is 22.5 Å². The third kappa shape index (κ3) is 3.89. The molecule has 1 heterocycles. The molecular formula is C15H16BrN3O4. The molecule has 0 spiro atoms. The average Bonchev–Trinajstić information content (AvgIpc) is 2.44. The standard InChI is InChI=1S/C15H16BrN3O4/c1-7-13(8(2)20)14(19-15(22)18-7)10-5-9(16)3-4-11(10)23-6-12(17)21/h3-5,13-14H,1,6H2,2H3,(H2,17,21)(H2,18,19,22)/t13-,14-/m0/s1. The van der Waals surface area contributed by atoms with E-state index in [0.29, 0.717) is 17.0 Å². The number of ketones is 1. The van der Waals surface area contributed by atoms with Crippen LogP contribution in [0.5, 0.6) is 5.75 Å². The molecule has 2 atom stereocenters. The van der Waals surface area contributed by atoms with E-state index in [4.69, 9.17) is 10.5 Å². The van der Waals surface area contributed by atoms with Crippen LogP contribution in [0.2, 0.25) is 0 Å². The molecule has 122 valence electrons. The Morgan fingerprint density at radius 1 is 1.43 bits per heavy atom. The van der Waals surface area contributed by atoms with Gasteiger partial charge in [0.1, 0.15) is 11.5 Å². The van der Waals surface area contributed by atoms with E-state index in [1.54, 1.807) is 18.2 Å². The van der Waals surface area contributed by atoms with E-state index in [1.807, 2.05) is 0 Å². The normalized spacial score (nSPS) is 20.4. The monoisotopic (exact) mass is 381 g/mol. The molecule has 1 aliphatic heterocycles. The molecule has 1 aliphatic rings. The van der Waals surface area contributed by atoms with Crippen LogP contribution in [0.25, 0.3) is 0 Å². The quantitative estimate of drug-likeness (QED) is 0.715. The maximum atomic E-state index is 12.0. The summed E-state index contributed by atoms with van der Waals surface area (Å²) in [5.74, 6) is -1.08. The van der Waals surface area contributed by atoms with Gasteiger partial charge in [0.15, 0.2) is 6.61 Å². The van der Waals surface area contributed by atoms with Gasteiger partial charge in [0.25, 0.3) is 5.91 Å². The Labute approximate surface area is 141 Å². The molecule has 0 radical (unpaired) electrons. The Bertz CT molecular complexity index is 689. The van der Waals surface area contributed by atoms with Crippen LogP contribution in [-0.2, 0) is 9.59 Å². The number of primary amides is 1. The molecule has 1 fully saturated rings. The van der Waals surface area contributed by atoms with E-state index in [-0.39, 0.29) is 12.4 Å². The second-order valence-corrected chi connectivity index (χ2v) is 6.04. The molecule has 1 aromatic rings. The first-order valence-corrected chi connectivity index (χ1v) is 7.56. The van der Waals surface area contributed by atoms with Gasteiger partial charge in [-0.3, -0.25) is 9.59 Å². The van der Waals surface area contributed by atoms with Gasteiger partial charge in [0, 0.05) is 15.7 Å². The van der Waals surface area contributed by atoms with E-state index in [0.717, 1.165) is 4.47 Å². The number of hydrogen-bond donors (Lipinski definition) is 3. The maximum Gasteiger partial charge on any atom is 0.319 e. The summed E-state index contributed by atoms with van der Waals surface area (Å²) in [6.07, 6.45) is 0. The third-order valence-corrected chi connectivity index (χ3v) is 3.88. The Kier molecular flexibility index (Phi) is 5.05. The Balaban J connectivity index is 2.45. The molecule has 0 aromatic heterocycles. The van der Waals surface area contributed by atoms with Crippen LogP contribution in [0.3, 0.4) is 0 Å². The number of urea groups is 1. The van der Waals surface area contributed by atoms with Crippen molar-refractivity contribution >= 4 is 33.7 Å². The number of hydrogen-bond acceptors (Lipinski definition) is 4. The van der Waals surface area contributed by atoms with Crippen LogP contribution in [0, 0.1) is 5.92 Å². The first-order valence-electron chi connectivity index (χ1n) is 6.77. The number of nitrogens with two attached hydrogens (primary N) is 1. The summed E-state index contributed by atoms with van der Waals surface area (Å²) >= 11 is 3.35. The Morgan fingerprint density at radius 2 is 2.13 bits per heavy atom. The number of Topliss-reactive ketones (excluding diaryl/α,β-unsaturated/α-hetero) is 1. The molecule has 4 N–H and O–H groups in total. The fourth-order valence-corrected chi connectivity index (χ4v) is 2.84. The van der Waals surface area contributed by atoms with E-state index >= 15 is 0 Å². The minimum atomic E-state index is -0.658. The van der Waals surface area contributed by atoms with E-state index in [1.165, 1.54) is 6.92 Å². The smallest absolute Gasteiger partial charge is 0.319 e. The van der Waals surface area contributed by atoms with Crippen LogP contribution < -0.4 is 21.1 Å². The summed E-state index contributed by atoms with van der Waals surface area (Å²) in [5, 5.41) is 5.20. The van der Waals surface area contributed by atoms with Gasteiger partial charge in [-0.05, 0) is 25.1 Å². The predicted molar refractivity (Wildman–Crippen MR) is 86.6 cm³/mol. The van der Waals surface area contributed by atoms with Crippen LogP contribution in [0.1, 0.15) is 18.5 Å². The molecule has 0 saturated carbocycles. The SMILES string of the molecule is C=C1NC(=O)N[C@@H](c2cc(Br)ccc2OCC(N)=O)[C@@H]1C(C)=O. The van der Waals surface area contributed by atoms with Crippen molar-refractivity contribution in [2.24, 2.45) is 11.7 Å². The highest BCUT2D eigenvalue weighted by Crippen LogP contribution is 2.36. The lowest BCUT2D eigenvalue weighted by Crippen LogP contribution is -2.50. The lowest BCUT2D eigenvalue weighted by atomic mass is 9.86. The number of carbonyl (C=O) groups excluding carboxylic acids is 3. The molecule has 0 aliphatic carbocycles. The van der Waals surface area contributed by atoms with E-state index < -0.39 is 23.9 Å². The summed E-state index contributed by atoms with van der Waals surface area (Å²) in [5.41, 5.74) is 5.96. The van der Waals surface area contributed by atoms with Gasteiger partial charge >= 0.3 is 6.03 Å². The van der Waals surface area contributed by atoms with Gasteiger partial charge in [-0.2, -0.15) is 0 Å². The zero-order valence-corrected chi connectivity index (χ0v) is 14.0. The van der Waals surface area contributed by atoms with Gasteiger partial charge in [-0.15, -0.1) is 0 Å². The molecule has 8 heteroatoms. The van der Waals surface area contributed by atoms with Crippen molar-refractivity contribution in [3.63, 3.8) is 0 Å². The third-order valence-electron chi connectivity index (χ3n) is 3.38. The Morgan fingerprint density at radius 3 is 2.74 bits per heavy atom. The van der Waals surface area contributed by atoms with Crippen molar-refractivity contribution in [2.75, 3.05) is 6.61 Å². The molecule has 1 aromatic carbocycles. The number of amides is 3. The van der Waals surface area contributed by atoms with Crippen LogP contribution in [0.4, 0.5) is 4.79 Å². The molecule has 0 unspecified atom stereocenters. The molecule has 2 rings (SSSR count). The summed E-state index contributed by atoms with van der Waals surface area (Å²) in [6.45, 7) is 4.86. The van der Waals surface area contributed by atoms with Crippen molar-refractivity contribution in [1.29, 1.82) is 0 Å². The fourth-order valence-electron chi connectivity index (χ4n) is 2.47. The highest BCUT2D eigenvalue weighted by molar-refractivity contribution is 9.10. The van der Waals surface area contributed by atoms with Crippen LogP contribution >= 0.6 is 15.9 Å². The number of nitrogens with one attached hydrogen (secondary N) is 2. The molecular weight excluding hydrogens is 366 g/mol. The lowest BCUT2D eigenvalue weighted by Gasteiger charge is -2.34. The predicted octanol–water partition coefficient (Wildman–Crippen LogP) is 1.39. The summed E-state index contributed by atoms with van der Waals surface area (Å²) < 4.78 is 6.13. The minimum Gasteiger partial charge on any atom is -0.483 e. The maximum absolute atomic E-state index is 12.0. The van der Waals surface area contributed by atoms with Gasteiger partial charge in [-0.25, -0.2) is 4.79 Å². The minimum absolute atomic E-state index is 0.159. The molecule has 0 bridgehead atoms. The van der Waals surface area contributed by atoms with Gasteiger partial charge in [0.05, 0.1) is 12.0 Å². The summed E-state index contributed by atoms with van der Waals surface area (Å²) in [7, 11) is 0. The number of carbonyl (C=O) groups is 3. The number of ether oxygens (including phenoxy) is 1. The second kappa shape index (κ2) is 6.82. The van der Waals surface area contributed by atoms with Crippen molar-refractivity contribution < 1.29 is 19.1 Å². The fraction of sp³-hybridized carbons (Fsp3) is 0.267. The molecule has 3 amide bonds.